The van der Waals surface area contributed by atoms with Gasteiger partial charge < -0.3 is 9.13 Å². The summed E-state index contributed by atoms with van der Waals surface area (Å²) in [6.07, 6.45) is 0. The van der Waals surface area contributed by atoms with Gasteiger partial charge in [0, 0.05) is 27.1 Å². The van der Waals surface area contributed by atoms with Crippen LogP contribution in [0.25, 0.3) is 71.0 Å². The molecule has 0 bridgehead atoms. The zero-order valence-corrected chi connectivity index (χ0v) is 22.5. The molecule has 4 nitrogen and oxygen atoms in total. The molecule has 0 saturated carbocycles. The molecular weight excluding hydrogens is 512 g/mol. The van der Waals surface area contributed by atoms with Crippen molar-refractivity contribution in [1.29, 1.82) is 5.26 Å². The number of nitriles is 1. The number of hydrogen-bond donors (Lipinski definition) is 0. The molecule has 0 fully saturated rings. The Kier molecular flexibility index (Phi) is 5.22. The van der Waals surface area contributed by atoms with Gasteiger partial charge in [-0.2, -0.15) is 5.26 Å². The predicted octanol–water partition coefficient (Wildman–Crippen LogP) is 9.97. The summed E-state index contributed by atoms with van der Waals surface area (Å²) in [5.74, 6) is 0. The molecule has 0 aliphatic rings. The van der Waals surface area contributed by atoms with E-state index in [9.17, 15) is 5.26 Å². The monoisotopic (exact) mass is 534 g/mol. The van der Waals surface area contributed by atoms with E-state index in [0.29, 0.717) is 11.3 Å². The number of rotatable bonds is 3. The second-order valence-electron chi connectivity index (χ2n) is 10.4. The predicted molar refractivity (Wildman–Crippen MR) is 172 cm³/mol. The van der Waals surface area contributed by atoms with Crippen molar-refractivity contribution in [3.8, 4) is 28.6 Å². The SMILES string of the molecule is [C-]#[N+]c1ccc(-n2c3ccccc3c3ccccc32)c(-c2ccc(C#N)cc2-n2c3ccccc3c3ccccc32)c1. The van der Waals surface area contributed by atoms with Crippen molar-refractivity contribution < 1.29 is 0 Å². The lowest BCUT2D eigenvalue weighted by atomic mass is 9.98. The first-order valence-corrected chi connectivity index (χ1v) is 13.8. The molecule has 2 heterocycles. The van der Waals surface area contributed by atoms with Gasteiger partial charge in [0.05, 0.1) is 51.6 Å². The van der Waals surface area contributed by atoms with Gasteiger partial charge in [-0.3, -0.25) is 0 Å². The molecule has 0 spiro atoms. The Bertz CT molecular complexity index is 2340. The minimum absolute atomic E-state index is 0.562. The van der Waals surface area contributed by atoms with Crippen molar-refractivity contribution in [3.63, 3.8) is 0 Å². The summed E-state index contributed by atoms with van der Waals surface area (Å²) in [6, 6.07) is 47.8. The molecule has 0 amide bonds. The lowest BCUT2D eigenvalue weighted by Gasteiger charge is -2.19. The molecule has 0 saturated heterocycles. The highest BCUT2D eigenvalue weighted by atomic mass is 15.0. The Morgan fingerprint density at radius 3 is 1.45 bits per heavy atom. The summed E-state index contributed by atoms with van der Waals surface area (Å²) in [5, 5.41) is 14.6. The van der Waals surface area contributed by atoms with Gasteiger partial charge in [0.2, 0.25) is 0 Å². The first-order chi connectivity index (χ1) is 20.8. The molecule has 2 aromatic heterocycles. The molecule has 0 aliphatic carbocycles. The van der Waals surface area contributed by atoms with Gasteiger partial charge in [-0.15, -0.1) is 0 Å². The Morgan fingerprint density at radius 2 is 0.976 bits per heavy atom. The Hall–Kier alpha value is -6.10. The van der Waals surface area contributed by atoms with Gasteiger partial charge in [0.25, 0.3) is 0 Å². The number of aromatic nitrogens is 2. The van der Waals surface area contributed by atoms with Crippen LogP contribution >= 0.6 is 0 Å². The van der Waals surface area contributed by atoms with Gasteiger partial charge in [-0.1, -0.05) is 84.9 Å². The molecule has 0 atom stereocenters. The van der Waals surface area contributed by atoms with E-state index in [1.54, 1.807) is 0 Å². The number of fused-ring (bicyclic) bond motifs is 6. The smallest absolute Gasteiger partial charge is 0.188 e. The number of para-hydroxylation sites is 4. The van der Waals surface area contributed by atoms with Crippen LogP contribution in [0.3, 0.4) is 0 Å². The fourth-order valence-corrected chi connectivity index (χ4v) is 6.38. The summed E-state index contributed by atoms with van der Waals surface area (Å²) in [6.45, 7) is 7.85. The van der Waals surface area contributed by atoms with E-state index in [1.807, 2.05) is 30.3 Å². The highest BCUT2D eigenvalue weighted by Crippen LogP contribution is 2.42. The van der Waals surface area contributed by atoms with Crippen LogP contribution in [0.5, 0.6) is 0 Å². The van der Waals surface area contributed by atoms with Crippen LogP contribution < -0.4 is 0 Å². The van der Waals surface area contributed by atoms with E-state index in [4.69, 9.17) is 6.57 Å². The van der Waals surface area contributed by atoms with Crippen LogP contribution in [0.4, 0.5) is 5.69 Å². The largest absolute Gasteiger partial charge is 0.309 e. The average molecular weight is 535 g/mol. The molecule has 8 aromatic rings. The van der Waals surface area contributed by atoms with Crippen molar-refractivity contribution in [1.82, 2.24) is 9.13 Å². The van der Waals surface area contributed by atoms with Crippen LogP contribution in [0.1, 0.15) is 5.56 Å². The van der Waals surface area contributed by atoms with Crippen LogP contribution in [-0.2, 0) is 0 Å². The van der Waals surface area contributed by atoms with Crippen molar-refractivity contribution in [2.75, 3.05) is 0 Å². The number of hydrogen-bond acceptors (Lipinski definition) is 1. The first kappa shape index (κ1) is 23.8. The van der Waals surface area contributed by atoms with Crippen LogP contribution in [0.15, 0.2) is 133 Å². The lowest BCUT2D eigenvalue weighted by molar-refractivity contribution is 1.16. The van der Waals surface area contributed by atoms with Crippen molar-refractivity contribution >= 4 is 49.3 Å². The molecule has 194 valence electrons. The number of benzene rings is 6. The summed E-state index contributed by atoms with van der Waals surface area (Å²) >= 11 is 0. The molecule has 0 N–H and O–H groups in total. The lowest BCUT2D eigenvalue weighted by Crippen LogP contribution is -2.02. The minimum Gasteiger partial charge on any atom is -0.309 e. The van der Waals surface area contributed by atoms with E-state index >= 15 is 0 Å². The standard InChI is InChI=1S/C38H22N4/c1-40-26-19-21-37(41-33-14-6-2-10-27(33)28-11-3-7-15-34(28)41)32(23-26)31-20-18-25(24-39)22-38(31)42-35-16-8-4-12-29(35)30-13-5-9-17-36(30)42/h2-23H. The minimum atomic E-state index is 0.562. The first-order valence-electron chi connectivity index (χ1n) is 13.8. The Labute approximate surface area is 242 Å². The van der Waals surface area contributed by atoms with Gasteiger partial charge in [-0.25, -0.2) is 4.85 Å². The zero-order valence-electron chi connectivity index (χ0n) is 22.5. The average Bonchev–Trinajstić information content (AvgIpc) is 3.57. The van der Waals surface area contributed by atoms with Gasteiger partial charge in [0.1, 0.15) is 0 Å². The van der Waals surface area contributed by atoms with Gasteiger partial charge in [-0.05, 0) is 54.1 Å². The maximum absolute atomic E-state index is 9.97. The zero-order chi connectivity index (χ0) is 28.2. The summed E-state index contributed by atoms with van der Waals surface area (Å²) in [7, 11) is 0. The molecule has 42 heavy (non-hydrogen) atoms. The maximum atomic E-state index is 9.97. The molecule has 4 heteroatoms. The summed E-state index contributed by atoms with van der Waals surface area (Å²) < 4.78 is 4.54. The van der Waals surface area contributed by atoms with Crippen LogP contribution in [-0.4, -0.2) is 9.13 Å². The van der Waals surface area contributed by atoms with Crippen LogP contribution in [0.2, 0.25) is 0 Å². The molecule has 0 unspecified atom stereocenters. The molecule has 6 aromatic carbocycles. The van der Waals surface area contributed by atoms with Crippen LogP contribution in [0, 0.1) is 17.9 Å². The highest BCUT2D eigenvalue weighted by Gasteiger charge is 2.20. The second kappa shape index (κ2) is 9.24. The summed E-state index contributed by atoms with van der Waals surface area (Å²) in [5.41, 5.74) is 9.22. The number of nitrogens with zero attached hydrogens (tertiary/aromatic N) is 4. The molecule has 8 rings (SSSR count). The maximum Gasteiger partial charge on any atom is 0.188 e. The Balaban J connectivity index is 1.52. The van der Waals surface area contributed by atoms with E-state index in [1.165, 1.54) is 10.8 Å². The Morgan fingerprint density at radius 1 is 0.500 bits per heavy atom. The van der Waals surface area contributed by atoms with Crippen molar-refractivity contribution in [2.24, 2.45) is 0 Å². The van der Waals surface area contributed by atoms with Gasteiger partial charge in [0.15, 0.2) is 5.69 Å². The molecule has 0 radical (unpaired) electrons. The van der Waals surface area contributed by atoms with Gasteiger partial charge >= 0.3 is 0 Å². The fourth-order valence-electron chi connectivity index (χ4n) is 6.38. The third-order valence-corrected chi connectivity index (χ3v) is 8.17. The van der Waals surface area contributed by atoms with E-state index in [0.717, 1.165) is 55.3 Å². The highest BCUT2D eigenvalue weighted by molar-refractivity contribution is 6.11. The fraction of sp³-hybridized carbons (Fsp3) is 0. The topological polar surface area (TPSA) is 38.0 Å². The third-order valence-electron chi connectivity index (χ3n) is 8.17. The van der Waals surface area contributed by atoms with Crippen molar-refractivity contribution in [2.45, 2.75) is 0 Å². The van der Waals surface area contributed by atoms with E-state index < -0.39 is 0 Å². The summed E-state index contributed by atoms with van der Waals surface area (Å²) in [4.78, 5) is 3.81. The van der Waals surface area contributed by atoms with E-state index in [-0.39, 0.29) is 0 Å². The third kappa shape index (κ3) is 3.40. The van der Waals surface area contributed by atoms with E-state index in [2.05, 4.69) is 123 Å². The molecular formula is C38H22N4. The van der Waals surface area contributed by atoms with Crippen molar-refractivity contribution in [3.05, 3.63) is 150 Å². The quantitative estimate of drug-likeness (QED) is 0.208. The normalized spacial score (nSPS) is 11.3. The molecule has 0 aliphatic heterocycles. The second-order valence-corrected chi connectivity index (χ2v) is 10.4.